The molecule has 0 saturated heterocycles. The van der Waals surface area contributed by atoms with Crippen LogP contribution in [-0.4, -0.2) is 19.2 Å². The number of benzene rings is 10. The van der Waals surface area contributed by atoms with E-state index in [4.69, 9.17) is 0 Å². The van der Waals surface area contributed by atoms with Gasteiger partial charge in [0.25, 0.3) is 0 Å². The first-order valence-corrected chi connectivity index (χ1v) is 24.8. The Morgan fingerprint density at radius 3 is 1.46 bits per heavy atom. The van der Waals surface area contributed by atoms with Crippen molar-refractivity contribution in [3.63, 3.8) is 0 Å². The molecule has 4 nitrogen and oxygen atoms in total. The molecule has 4 heterocycles. The summed E-state index contributed by atoms with van der Waals surface area (Å²) >= 11 is 0. The predicted octanol–water partition coefficient (Wildman–Crippen LogP) is 17.3. The van der Waals surface area contributed by atoms with Crippen LogP contribution in [0.3, 0.4) is 0 Å². The molecule has 1 atom stereocenters. The molecule has 1 unspecified atom stereocenters. The van der Waals surface area contributed by atoms with Crippen LogP contribution in [0.2, 0.25) is 0 Å². The van der Waals surface area contributed by atoms with Crippen LogP contribution in [0.5, 0.6) is 0 Å². The largest absolute Gasteiger partial charge is 0.330 e. The van der Waals surface area contributed by atoms with Crippen molar-refractivity contribution in [1.82, 2.24) is 13.7 Å². The van der Waals surface area contributed by atoms with Crippen molar-refractivity contribution < 1.29 is 0 Å². The molecular weight excluding hydrogens is 861 g/mol. The smallest absolute Gasteiger partial charge is 0.0788 e. The third-order valence-electron chi connectivity index (χ3n) is 15.4. The van der Waals surface area contributed by atoms with Gasteiger partial charge in [-0.1, -0.05) is 182 Å². The fraction of sp³-hybridized carbons (Fsp3) is 0.0448. The van der Waals surface area contributed by atoms with Crippen molar-refractivity contribution in [3.8, 4) is 39.3 Å². The molecule has 71 heavy (non-hydrogen) atoms. The van der Waals surface area contributed by atoms with E-state index in [9.17, 15) is 0 Å². The Kier molecular flexibility index (Phi) is 8.67. The molecule has 10 aromatic carbocycles. The predicted molar refractivity (Wildman–Crippen MR) is 298 cm³/mol. The highest BCUT2D eigenvalue weighted by Gasteiger charge is 2.44. The first-order valence-electron chi connectivity index (χ1n) is 24.8. The van der Waals surface area contributed by atoms with E-state index < -0.39 is 0 Å². The van der Waals surface area contributed by atoms with Crippen molar-refractivity contribution in [1.29, 1.82) is 0 Å². The van der Waals surface area contributed by atoms with Gasteiger partial charge < -0.3 is 18.6 Å². The van der Waals surface area contributed by atoms with E-state index in [1.165, 1.54) is 105 Å². The number of rotatable bonds is 6. The van der Waals surface area contributed by atoms with Gasteiger partial charge in [-0.15, -0.1) is 0 Å². The molecule has 15 rings (SSSR count). The highest BCUT2D eigenvalue weighted by atomic mass is 15.2. The average molecular weight is 907 g/mol. The number of nitrogens with zero attached hydrogens (tertiary/aromatic N) is 4. The van der Waals surface area contributed by atoms with E-state index in [0.717, 1.165) is 29.9 Å². The lowest BCUT2D eigenvalue weighted by molar-refractivity contribution is 0.545. The lowest BCUT2D eigenvalue weighted by atomic mass is 9.86. The quantitative estimate of drug-likeness (QED) is 0.163. The molecule has 3 aromatic heterocycles. The molecule has 4 heteroatoms. The Labute approximate surface area is 411 Å². The van der Waals surface area contributed by atoms with Crippen LogP contribution in [0.1, 0.15) is 12.0 Å². The Balaban J connectivity index is 0.986. The van der Waals surface area contributed by atoms with E-state index in [1.807, 2.05) is 0 Å². The second kappa shape index (κ2) is 15.4. The number of hydrogen-bond donors (Lipinski definition) is 0. The van der Waals surface area contributed by atoms with E-state index in [2.05, 4.69) is 273 Å². The molecule has 0 bridgehead atoms. The minimum atomic E-state index is -0.276. The lowest BCUT2D eigenvalue weighted by Crippen LogP contribution is -2.42. The van der Waals surface area contributed by atoms with Gasteiger partial charge in [0.2, 0.25) is 0 Å². The molecule has 0 N–H and O–H groups in total. The third-order valence-corrected chi connectivity index (χ3v) is 15.4. The molecule has 334 valence electrons. The summed E-state index contributed by atoms with van der Waals surface area (Å²) in [5.74, 6) is 0. The summed E-state index contributed by atoms with van der Waals surface area (Å²) in [5, 5.41) is 7.48. The molecule has 1 aliphatic heterocycles. The van der Waals surface area contributed by atoms with Crippen LogP contribution in [0.15, 0.2) is 255 Å². The van der Waals surface area contributed by atoms with E-state index in [-0.39, 0.29) is 5.54 Å². The van der Waals surface area contributed by atoms with Crippen molar-refractivity contribution in [2.75, 3.05) is 4.90 Å². The minimum Gasteiger partial charge on any atom is -0.330 e. The topological polar surface area (TPSA) is 18.0 Å². The zero-order valence-electron chi connectivity index (χ0n) is 39.0. The SMILES string of the molecule is C1=CCC2(C=C1)Cc1ccc3c(c1N2c1cc(-c2ccccc2)cc(-c2ccccc2)c1)c1ccccc1n3-c1cccc(-n2c3ccccc3c3ccc4c5ccccc5n(-c5ccccc5)c4c32)c1. The molecule has 1 aliphatic carbocycles. The summed E-state index contributed by atoms with van der Waals surface area (Å²) in [4.78, 5) is 2.70. The van der Waals surface area contributed by atoms with Crippen LogP contribution < -0.4 is 4.90 Å². The maximum Gasteiger partial charge on any atom is 0.0788 e. The van der Waals surface area contributed by atoms with Gasteiger partial charge in [-0.25, -0.2) is 0 Å². The molecular formula is C67H46N4. The number of para-hydroxylation sites is 4. The average Bonchev–Trinajstić information content (AvgIpc) is 4.16. The Morgan fingerprint density at radius 1 is 0.338 bits per heavy atom. The van der Waals surface area contributed by atoms with Gasteiger partial charge in [-0.3, -0.25) is 0 Å². The van der Waals surface area contributed by atoms with Crippen molar-refractivity contribution in [3.05, 3.63) is 260 Å². The normalized spacial score (nSPS) is 15.4. The first-order chi connectivity index (χ1) is 35.2. The fourth-order valence-electron chi connectivity index (χ4n) is 12.4. The van der Waals surface area contributed by atoms with Gasteiger partial charge in [0, 0.05) is 61.5 Å². The summed E-state index contributed by atoms with van der Waals surface area (Å²) in [6.07, 6.45) is 11.1. The van der Waals surface area contributed by atoms with E-state index in [1.54, 1.807) is 0 Å². The summed E-state index contributed by atoms with van der Waals surface area (Å²) in [6.45, 7) is 0. The highest BCUT2D eigenvalue weighted by molar-refractivity contribution is 6.24. The number of aromatic nitrogens is 3. The van der Waals surface area contributed by atoms with Gasteiger partial charge in [0.05, 0.1) is 44.3 Å². The van der Waals surface area contributed by atoms with Crippen LogP contribution in [0, 0.1) is 0 Å². The second-order valence-electron chi connectivity index (χ2n) is 19.3. The lowest BCUT2D eigenvalue weighted by Gasteiger charge is -2.39. The molecule has 0 saturated carbocycles. The maximum absolute atomic E-state index is 2.70. The van der Waals surface area contributed by atoms with Gasteiger partial charge in [-0.2, -0.15) is 0 Å². The summed E-state index contributed by atoms with van der Waals surface area (Å²) in [7, 11) is 0. The highest BCUT2D eigenvalue weighted by Crippen LogP contribution is 2.54. The number of hydrogen-bond acceptors (Lipinski definition) is 1. The third kappa shape index (κ3) is 5.92. The summed E-state index contributed by atoms with van der Waals surface area (Å²) < 4.78 is 7.49. The minimum absolute atomic E-state index is 0.276. The summed E-state index contributed by atoms with van der Waals surface area (Å²) in [6, 6.07) is 85.2. The molecule has 0 radical (unpaired) electrons. The van der Waals surface area contributed by atoms with Gasteiger partial charge >= 0.3 is 0 Å². The Hall–Kier alpha value is -9.12. The van der Waals surface area contributed by atoms with Crippen LogP contribution >= 0.6 is 0 Å². The summed E-state index contributed by atoms with van der Waals surface area (Å²) in [5.41, 5.74) is 18.9. The maximum atomic E-state index is 2.70. The van der Waals surface area contributed by atoms with Crippen molar-refractivity contribution >= 4 is 76.8 Å². The van der Waals surface area contributed by atoms with Gasteiger partial charge in [0.15, 0.2) is 0 Å². The first kappa shape index (κ1) is 39.8. The van der Waals surface area contributed by atoms with Crippen molar-refractivity contribution in [2.24, 2.45) is 0 Å². The molecule has 0 fully saturated rings. The number of allylic oxidation sites excluding steroid dienone is 2. The zero-order valence-corrected chi connectivity index (χ0v) is 39.0. The van der Waals surface area contributed by atoms with Gasteiger partial charge in [-0.05, 0) is 107 Å². The Morgan fingerprint density at radius 2 is 0.859 bits per heavy atom. The zero-order chi connectivity index (χ0) is 46.6. The molecule has 2 aliphatic rings. The van der Waals surface area contributed by atoms with Gasteiger partial charge in [0.1, 0.15) is 0 Å². The number of fused-ring (bicyclic) bond motifs is 12. The Bertz CT molecular complexity index is 4280. The molecule has 1 spiro atoms. The standard InChI is InChI=1S/C67H46N4/c1-5-20-45(21-6-1)48-40-49(46-22-7-2-8-23-46)42-53(41-48)71-64-47(44-67(71)38-17-4-18-39-67)34-37-62-63(64)58-30-13-16-33-61(58)68(62)51-26-19-27-52(43-51)70-60-32-15-12-29-55(60)57-36-35-56-54-28-11-14-31-59(54)69(65(56)66(57)70)50-24-9-3-10-25-50/h1-38,40-43H,39,44H2. The second-order valence-corrected chi connectivity index (χ2v) is 19.3. The van der Waals surface area contributed by atoms with Crippen molar-refractivity contribution in [2.45, 2.75) is 18.4 Å². The van der Waals surface area contributed by atoms with Crippen LogP contribution in [0.25, 0.3) is 105 Å². The fourth-order valence-corrected chi connectivity index (χ4v) is 12.4. The van der Waals surface area contributed by atoms with E-state index in [0.29, 0.717) is 0 Å². The number of anilines is 2. The van der Waals surface area contributed by atoms with E-state index >= 15 is 0 Å². The molecule has 13 aromatic rings. The monoisotopic (exact) mass is 906 g/mol. The molecule has 0 amide bonds. The van der Waals surface area contributed by atoms with Crippen LogP contribution in [0.4, 0.5) is 11.4 Å². The van der Waals surface area contributed by atoms with Crippen LogP contribution in [-0.2, 0) is 6.42 Å².